The van der Waals surface area contributed by atoms with Crippen LogP contribution < -0.4 is 0 Å². The van der Waals surface area contributed by atoms with Gasteiger partial charge >= 0.3 is 6.18 Å². The fourth-order valence-electron chi connectivity index (χ4n) is 2.16. The van der Waals surface area contributed by atoms with Crippen LogP contribution in [0.2, 0.25) is 0 Å². The van der Waals surface area contributed by atoms with E-state index >= 15 is 0 Å². The Labute approximate surface area is 126 Å². The van der Waals surface area contributed by atoms with E-state index in [0.29, 0.717) is 17.6 Å². The van der Waals surface area contributed by atoms with Crippen molar-refractivity contribution < 1.29 is 22.7 Å². The minimum absolute atomic E-state index is 0.270. The van der Waals surface area contributed by atoms with Crippen molar-refractivity contribution in [1.82, 2.24) is 0 Å². The molecular weight excluding hydrogens is 293 g/mol. The molecule has 0 amide bonds. The van der Waals surface area contributed by atoms with Crippen LogP contribution in [0.1, 0.15) is 17.5 Å². The molecule has 0 radical (unpaired) electrons. The van der Waals surface area contributed by atoms with E-state index in [9.17, 15) is 18.0 Å². The molecule has 1 unspecified atom stereocenters. The second kappa shape index (κ2) is 6.75. The number of alkyl halides is 3. The van der Waals surface area contributed by atoms with E-state index in [1.54, 1.807) is 12.2 Å². The molecule has 0 aromatic heterocycles. The number of carbonyl (C=O) groups excluding carboxylic acids is 1. The average molecular weight is 308 g/mol. The first kappa shape index (κ1) is 16.2. The van der Waals surface area contributed by atoms with E-state index in [1.807, 2.05) is 6.08 Å². The van der Waals surface area contributed by atoms with Crippen molar-refractivity contribution in [2.75, 3.05) is 7.11 Å². The summed E-state index contributed by atoms with van der Waals surface area (Å²) in [4.78, 5) is 12.1. The number of hydrogen-bond donors (Lipinski definition) is 0. The summed E-state index contributed by atoms with van der Waals surface area (Å²) >= 11 is 0. The molecule has 0 bridgehead atoms. The summed E-state index contributed by atoms with van der Waals surface area (Å²) in [5, 5.41) is 0. The van der Waals surface area contributed by atoms with E-state index in [0.717, 1.165) is 12.1 Å². The van der Waals surface area contributed by atoms with Crippen molar-refractivity contribution in [2.45, 2.75) is 18.7 Å². The third kappa shape index (κ3) is 3.95. The summed E-state index contributed by atoms with van der Waals surface area (Å²) in [6.45, 7) is 0. The van der Waals surface area contributed by atoms with Crippen LogP contribution >= 0.6 is 0 Å². The Bertz CT molecular complexity index is 640. The van der Waals surface area contributed by atoms with E-state index in [1.165, 1.54) is 31.4 Å². The highest BCUT2D eigenvalue weighted by Crippen LogP contribution is 2.29. The summed E-state index contributed by atoms with van der Waals surface area (Å²) in [7, 11) is 1.52. The minimum atomic E-state index is -4.40. The lowest BCUT2D eigenvalue weighted by Gasteiger charge is -2.17. The van der Waals surface area contributed by atoms with Crippen LogP contribution in [0.25, 0.3) is 6.08 Å². The average Bonchev–Trinajstić information content (AvgIpc) is 2.52. The van der Waals surface area contributed by atoms with Crippen molar-refractivity contribution in [3.8, 4) is 0 Å². The molecule has 2 rings (SSSR count). The summed E-state index contributed by atoms with van der Waals surface area (Å²) in [6.07, 6.45) is 3.86. The smallest absolute Gasteiger partial charge is 0.376 e. The number of carbonyl (C=O) groups is 1. The van der Waals surface area contributed by atoms with Gasteiger partial charge in [-0.3, -0.25) is 4.79 Å². The maximum absolute atomic E-state index is 12.6. The van der Waals surface area contributed by atoms with Crippen molar-refractivity contribution in [1.29, 1.82) is 0 Å². The molecule has 0 saturated heterocycles. The van der Waals surface area contributed by atoms with E-state index in [2.05, 4.69) is 0 Å². The molecule has 0 saturated carbocycles. The number of allylic oxidation sites excluding steroid dienone is 3. The second-order valence-corrected chi connectivity index (χ2v) is 4.83. The first-order chi connectivity index (χ1) is 10.4. The van der Waals surface area contributed by atoms with Gasteiger partial charge in [-0.15, -0.1) is 0 Å². The van der Waals surface area contributed by atoms with Crippen molar-refractivity contribution in [2.24, 2.45) is 0 Å². The fraction of sp³-hybridized carbons (Fsp3) is 0.235. The summed E-state index contributed by atoms with van der Waals surface area (Å²) < 4.78 is 43.1. The molecule has 1 aromatic carbocycles. The predicted molar refractivity (Wildman–Crippen MR) is 78.1 cm³/mol. The van der Waals surface area contributed by atoms with Crippen molar-refractivity contribution >= 4 is 11.9 Å². The highest BCUT2D eigenvalue weighted by Gasteiger charge is 2.30. The molecule has 1 aliphatic carbocycles. The third-order valence-corrected chi connectivity index (χ3v) is 3.32. The maximum Gasteiger partial charge on any atom is 0.416 e. The van der Waals surface area contributed by atoms with Crippen LogP contribution in [0.5, 0.6) is 0 Å². The topological polar surface area (TPSA) is 26.3 Å². The van der Waals surface area contributed by atoms with E-state index in [4.69, 9.17) is 4.74 Å². The van der Waals surface area contributed by atoms with Gasteiger partial charge in [0.05, 0.1) is 11.7 Å². The third-order valence-electron chi connectivity index (χ3n) is 3.32. The predicted octanol–water partition coefficient (Wildman–Crippen LogP) is 4.19. The summed E-state index contributed by atoms with van der Waals surface area (Å²) in [5.41, 5.74) is 0.0778. The molecule has 0 spiro atoms. The zero-order valence-electron chi connectivity index (χ0n) is 11.9. The zero-order valence-corrected chi connectivity index (χ0v) is 11.9. The Kier molecular flexibility index (Phi) is 4.98. The second-order valence-electron chi connectivity index (χ2n) is 4.83. The molecule has 1 aromatic rings. The van der Waals surface area contributed by atoms with Crippen LogP contribution in [0.3, 0.4) is 0 Å². The highest BCUT2D eigenvalue weighted by molar-refractivity contribution is 6.07. The maximum atomic E-state index is 12.6. The van der Waals surface area contributed by atoms with Gasteiger partial charge in [0, 0.05) is 12.7 Å². The molecule has 116 valence electrons. The summed E-state index contributed by atoms with van der Waals surface area (Å²) in [5.74, 6) is -0.270. The first-order valence-electron chi connectivity index (χ1n) is 6.71. The molecule has 2 nitrogen and oxygen atoms in total. The van der Waals surface area contributed by atoms with Gasteiger partial charge in [0.15, 0.2) is 5.78 Å². The summed E-state index contributed by atoms with van der Waals surface area (Å²) in [6, 6.07) is 4.83. The number of halogens is 3. The molecular formula is C17H15F3O2. The molecule has 0 fully saturated rings. The van der Waals surface area contributed by atoms with Gasteiger partial charge in [-0.1, -0.05) is 36.4 Å². The van der Waals surface area contributed by atoms with E-state index < -0.39 is 11.7 Å². The molecule has 0 aliphatic heterocycles. The van der Waals surface area contributed by atoms with E-state index in [-0.39, 0.29) is 11.9 Å². The normalized spacial score (nSPS) is 18.5. The molecule has 1 atom stereocenters. The lowest BCUT2D eigenvalue weighted by Crippen LogP contribution is -2.20. The monoisotopic (exact) mass is 308 g/mol. The number of ether oxygens (including phenoxy) is 1. The van der Waals surface area contributed by atoms with Gasteiger partial charge in [0.1, 0.15) is 0 Å². The largest absolute Gasteiger partial charge is 0.416 e. The van der Waals surface area contributed by atoms with Crippen LogP contribution in [0, 0.1) is 0 Å². The Morgan fingerprint density at radius 3 is 2.82 bits per heavy atom. The van der Waals surface area contributed by atoms with Gasteiger partial charge < -0.3 is 4.74 Å². The quantitative estimate of drug-likeness (QED) is 0.780. The Morgan fingerprint density at radius 2 is 2.14 bits per heavy atom. The number of methoxy groups -OCH3 is 1. The van der Waals surface area contributed by atoms with Crippen molar-refractivity contribution in [3.05, 3.63) is 65.3 Å². The molecule has 0 heterocycles. The van der Waals surface area contributed by atoms with Gasteiger partial charge in [-0.25, -0.2) is 0 Å². The molecule has 22 heavy (non-hydrogen) atoms. The number of hydrogen-bond acceptors (Lipinski definition) is 2. The highest BCUT2D eigenvalue weighted by atomic mass is 19.4. The number of benzene rings is 1. The van der Waals surface area contributed by atoms with Gasteiger partial charge in [-0.05, 0) is 30.2 Å². The van der Waals surface area contributed by atoms with Crippen LogP contribution in [-0.2, 0) is 15.7 Å². The lowest BCUT2D eigenvalue weighted by molar-refractivity contribution is -0.137. The van der Waals surface area contributed by atoms with Crippen LogP contribution in [-0.4, -0.2) is 19.0 Å². The van der Waals surface area contributed by atoms with Crippen molar-refractivity contribution in [3.63, 3.8) is 0 Å². The minimum Gasteiger partial charge on any atom is -0.376 e. The SMILES string of the molecule is COC1CC=CC=C1C(=O)/C=C/c1cccc(C(F)(F)F)c1. The molecule has 0 N–H and O–H groups in total. The fourth-order valence-corrected chi connectivity index (χ4v) is 2.16. The Balaban J connectivity index is 2.16. The zero-order chi connectivity index (χ0) is 16.2. The van der Waals surface area contributed by atoms with Crippen LogP contribution in [0.4, 0.5) is 13.2 Å². The van der Waals surface area contributed by atoms with Gasteiger partial charge in [-0.2, -0.15) is 13.2 Å². The number of rotatable bonds is 4. The number of ketones is 1. The molecule has 5 heteroatoms. The van der Waals surface area contributed by atoms with Gasteiger partial charge in [0.2, 0.25) is 0 Å². The van der Waals surface area contributed by atoms with Gasteiger partial charge in [0.25, 0.3) is 0 Å². The standard InChI is InChI=1S/C17H15F3O2/c1-22-16-8-3-2-7-14(16)15(21)10-9-12-5-4-6-13(11-12)17(18,19)20/h2-7,9-11,16H,8H2,1H3/b10-9+. The first-order valence-corrected chi connectivity index (χ1v) is 6.71. The Hall–Kier alpha value is -2.14. The Morgan fingerprint density at radius 1 is 1.36 bits per heavy atom. The van der Waals surface area contributed by atoms with Crippen LogP contribution in [0.15, 0.2) is 54.1 Å². The lowest BCUT2D eigenvalue weighted by atomic mass is 9.97. The molecule has 1 aliphatic rings.